The van der Waals surface area contributed by atoms with Gasteiger partial charge in [0, 0.05) is 29.4 Å². The summed E-state index contributed by atoms with van der Waals surface area (Å²) in [5.74, 6) is -0.00330. The number of anilines is 2. The van der Waals surface area contributed by atoms with Gasteiger partial charge >= 0.3 is 0 Å². The summed E-state index contributed by atoms with van der Waals surface area (Å²) in [7, 11) is 0. The van der Waals surface area contributed by atoms with Crippen molar-refractivity contribution in [2.75, 3.05) is 31.6 Å². The summed E-state index contributed by atoms with van der Waals surface area (Å²) in [5, 5.41) is 3.29. The Bertz CT molecular complexity index is 715. The van der Waals surface area contributed by atoms with Crippen molar-refractivity contribution in [1.29, 1.82) is 0 Å². The summed E-state index contributed by atoms with van der Waals surface area (Å²) in [6, 6.07) is 7.85. The summed E-state index contributed by atoms with van der Waals surface area (Å²) in [6.45, 7) is 4.47. The number of hydrogen-bond donors (Lipinski definition) is 1. The van der Waals surface area contributed by atoms with E-state index in [0.29, 0.717) is 31.9 Å². The van der Waals surface area contributed by atoms with Crippen molar-refractivity contribution in [2.45, 2.75) is 6.92 Å². The van der Waals surface area contributed by atoms with E-state index in [2.05, 4.69) is 26.2 Å². The average Bonchev–Trinajstić information content (AvgIpc) is 2.58. The highest BCUT2D eigenvalue weighted by atomic mass is 79.9. The van der Waals surface area contributed by atoms with Gasteiger partial charge in [0.15, 0.2) is 0 Å². The minimum absolute atomic E-state index is 0.00330. The highest BCUT2D eigenvalue weighted by Gasteiger charge is 2.19. The highest BCUT2D eigenvalue weighted by Crippen LogP contribution is 2.23. The number of ether oxygens (including phenoxy) is 1. The molecule has 1 aliphatic rings. The lowest BCUT2D eigenvalue weighted by molar-refractivity contribution is 0.0302. The second-order valence-electron chi connectivity index (χ2n) is 5.46. The molecule has 1 saturated heterocycles. The third-order valence-corrected chi connectivity index (χ3v) is 4.62. The van der Waals surface area contributed by atoms with E-state index in [1.807, 2.05) is 31.2 Å². The van der Waals surface area contributed by atoms with E-state index in [0.717, 1.165) is 21.4 Å². The van der Waals surface area contributed by atoms with Crippen molar-refractivity contribution in [1.82, 2.24) is 9.88 Å². The maximum atomic E-state index is 12.5. The number of hydrogen-bond acceptors (Lipinski definition) is 4. The van der Waals surface area contributed by atoms with Crippen LogP contribution in [-0.4, -0.2) is 42.1 Å². The maximum absolute atomic E-state index is 12.5. The number of aromatic nitrogens is 1. The van der Waals surface area contributed by atoms with Gasteiger partial charge in [0.2, 0.25) is 0 Å². The number of aryl methyl sites for hydroxylation is 1. The predicted octanol–water partition coefficient (Wildman–Crippen LogP) is 3.37. The Balaban J connectivity index is 1.76. The Morgan fingerprint density at radius 3 is 2.74 bits per heavy atom. The van der Waals surface area contributed by atoms with Crippen molar-refractivity contribution in [2.24, 2.45) is 0 Å². The molecule has 0 atom stereocenters. The smallest absolute Gasteiger partial charge is 0.255 e. The quantitative estimate of drug-likeness (QED) is 0.893. The van der Waals surface area contributed by atoms with Gasteiger partial charge in [0.1, 0.15) is 0 Å². The van der Waals surface area contributed by atoms with Gasteiger partial charge in [-0.1, -0.05) is 15.9 Å². The predicted molar refractivity (Wildman–Crippen MR) is 93.1 cm³/mol. The van der Waals surface area contributed by atoms with Crippen LogP contribution < -0.4 is 5.32 Å². The van der Waals surface area contributed by atoms with Crippen LogP contribution in [0.5, 0.6) is 0 Å². The second kappa shape index (κ2) is 7.10. The molecule has 1 aromatic carbocycles. The van der Waals surface area contributed by atoms with E-state index in [9.17, 15) is 4.79 Å². The number of morpholine rings is 1. The topological polar surface area (TPSA) is 54.5 Å². The average molecular weight is 376 g/mol. The Labute approximate surface area is 143 Å². The first-order valence-corrected chi connectivity index (χ1v) is 8.28. The molecular weight excluding hydrogens is 358 g/mol. The molecule has 1 aromatic heterocycles. The minimum atomic E-state index is -0.00330. The summed E-state index contributed by atoms with van der Waals surface area (Å²) in [4.78, 5) is 18.5. The number of nitrogens with zero attached hydrogens (tertiary/aromatic N) is 2. The number of carbonyl (C=O) groups is 1. The fourth-order valence-electron chi connectivity index (χ4n) is 2.46. The number of pyridine rings is 1. The fraction of sp³-hybridized carbons (Fsp3) is 0.294. The number of benzene rings is 1. The number of carbonyl (C=O) groups excluding carboxylic acids is 1. The van der Waals surface area contributed by atoms with E-state index in [-0.39, 0.29) is 5.91 Å². The Morgan fingerprint density at radius 2 is 2.00 bits per heavy atom. The van der Waals surface area contributed by atoms with E-state index in [4.69, 9.17) is 4.74 Å². The molecule has 3 rings (SSSR count). The zero-order valence-electron chi connectivity index (χ0n) is 12.9. The molecule has 0 saturated carbocycles. The normalized spacial score (nSPS) is 14.6. The Morgan fingerprint density at radius 1 is 1.22 bits per heavy atom. The second-order valence-corrected chi connectivity index (χ2v) is 6.31. The lowest BCUT2D eigenvalue weighted by Gasteiger charge is -2.26. The molecule has 1 fully saturated rings. The first kappa shape index (κ1) is 16.0. The van der Waals surface area contributed by atoms with Crippen molar-refractivity contribution in [3.63, 3.8) is 0 Å². The standard InChI is InChI=1S/C17H18BrN3O2/c1-12-8-14(2-3-16(12)18)20-15-9-13(10-19-11-15)17(22)21-4-6-23-7-5-21/h2-3,8-11,20H,4-7H2,1H3. The van der Waals surface area contributed by atoms with Gasteiger partial charge in [-0.2, -0.15) is 0 Å². The van der Waals surface area contributed by atoms with Crippen molar-refractivity contribution in [3.05, 3.63) is 52.3 Å². The molecule has 5 nitrogen and oxygen atoms in total. The summed E-state index contributed by atoms with van der Waals surface area (Å²) < 4.78 is 6.35. The number of halogens is 1. The monoisotopic (exact) mass is 375 g/mol. The van der Waals surface area contributed by atoms with Gasteiger partial charge in [-0.15, -0.1) is 0 Å². The van der Waals surface area contributed by atoms with E-state index in [1.165, 1.54) is 0 Å². The van der Waals surface area contributed by atoms with Crippen molar-refractivity contribution < 1.29 is 9.53 Å². The maximum Gasteiger partial charge on any atom is 0.255 e. The summed E-state index contributed by atoms with van der Waals surface area (Å²) in [5.41, 5.74) is 3.49. The molecular formula is C17H18BrN3O2. The van der Waals surface area contributed by atoms with Crippen LogP contribution >= 0.6 is 15.9 Å². The van der Waals surface area contributed by atoms with Crippen molar-refractivity contribution >= 4 is 33.2 Å². The van der Waals surface area contributed by atoms with Gasteiger partial charge in [-0.25, -0.2) is 0 Å². The van der Waals surface area contributed by atoms with Crippen LogP contribution in [0, 0.1) is 6.92 Å². The molecule has 120 valence electrons. The molecule has 0 aliphatic carbocycles. The molecule has 1 amide bonds. The Hall–Kier alpha value is -1.92. The third-order valence-electron chi connectivity index (χ3n) is 3.73. The van der Waals surface area contributed by atoms with Crippen LogP contribution in [0.3, 0.4) is 0 Å². The zero-order valence-corrected chi connectivity index (χ0v) is 14.5. The van der Waals surface area contributed by atoms with Gasteiger partial charge in [-0.05, 0) is 36.8 Å². The molecule has 0 bridgehead atoms. The summed E-state index contributed by atoms with van der Waals surface area (Å²) >= 11 is 3.49. The molecule has 2 aromatic rings. The zero-order chi connectivity index (χ0) is 16.2. The molecule has 0 radical (unpaired) electrons. The van der Waals surface area contributed by atoms with Crippen LogP contribution in [0.2, 0.25) is 0 Å². The lowest BCUT2D eigenvalue weighted by Crippen LogP contribution is -2.40. The lowest BCUT2D eigenvalue weighted by atomic mass is 10.2. The summed E-state index contributed by atoms with van der Waals surface area (Å²) in [6.07, 6.45) is 3.32. The molecule has 0 unspecified atom stereocenters. The first-order chi connectivity index (χ1) is 11.1. The number of rotatable bonds is 3. The van der Waals surface area contributed by atoms with Crippen LogP contribution in [0.15, 0.2) is 41.1 Å². The van der Waals surface area contributed by atoms with Crippen LogP contribution in [-0.2, 0) is 4.74 Å². The van der Waals surface area contributed by atoms with Crippen LogP contribution in [0.25, 0.3) is 0 Å². The van der Waals surface area contributed by atoms with E-state index in [1.54, 1.807) is 17.3 Å². The minimum Gasteiger partial charge on any atom is -0.378 e. The third kappa shape index (κ3) is 3.89. The fourth-order valence-corrected chi connectivity index (χ4v) is 2.71. The van der Waals surface area contributed by atoms with Crippen LogP contribution in [0.4, 0.5) is 11.4 Å². The molecule has 23 heavy (non-hydrogen) atoms. The molecule has 1 N–H and O–H groups in total. The Kier molecular flexibility index (Phi) is 4.93. The van der Waals surface area contributed by atoms with Gasteiger partial charge in [0.25, 0.3) is 5.91 Å². The SMILES string of the molecule is Cc1cc(Nc2cncc(C(=O)N3CCOCC3)c2)ccc1Br. The number of nitrogens with one attached hydrogen (secondary N) is 1. The van der Waals surface area contributed by atoms with Crippen LogP contribution in [0.1, 0.15) is 15.9 Å². The van der Waals surface area contributed by atoms with E-state index < -0.39 is 0 Å². The highest BCUT2D eigenvalue weighted by molar-refractivity contribution is 9.10. The van der Waals surface area contributed by atoms with Gasteiger partial charge in [0.05, 0.1) is 30.7 Å². The van der Waals surface area contributed by atoms with Crippen molar-refractivity contribution in [3.8, 4) is 0 Å². The van der Waals surface area contributed by atoms with Gasteiger partial charge in [-0.3, -0.25) is 9.78 Å². The molecule has 6 heteroatoms. The molecule has 0 spiro atoms. The first-order valence-electron chi connectivity index (χ1n) is 7.49. The van der Waals surface area contributed by atoms with Gasteiger partial charge < -0.3 is 15.0 Å². The largest absolute Gasteiger partial charge is 0.378 e. The van der Waals surface area contributed by atoms with E-state index >= 15 is 0 Å². The molecule has 1 aliphatic heterocycles. The molecule has 2 heterocycles. The number of amides is 1.